The zero-order valence-electron chi connectivity index (χ0n) is 10.8. The van der Waals surface area contributed by atoms with Crippen molar-refractivity contribution in [1.29, 1.82) is 0 Å². The Labute approximate surface area is 103 Å². The molecule has 2 rings (SSSR count). The maximum Gasteiger partial charge on any atom is 0.251 e. The van der Waals surface area contributed by atoms with E-state index >= 15 is 0 Å². The molecule has 1 aliphatic rings. The van der Waals surface area contributed by atoms with Crippen LogP contribution in [-0.2, 0) is 6.42 Å². The van der Waals surface area contributed by atoms with E-state index < -0.39 is 0 Å². The van der Waals surface area contributed by atoms with Gasteiger partial charge < -0.3 is 4.98 Å². The fraction of sp³-hybridized carbons (Fsp3) is 0.714. The van der Waals surface area contributed by atoms with Gasteiger partial charge in [-0.05, 0) is 25.2 Å². The summed E-state index contributed by atoms with van der Waals surface area (Å²) in [5.74, 6) is 2.22. The predicted molar refractivity (Wildman–Crippen MR) is 69.2 cm³/mol. The second kappa shape index (κ2) is 5.48. The summed E-state index contributed by atoms with van der Waals surface area (Å²) in [7, 11) is 0. The minimum atomic E-state index is 0.0112. The molecule has 0 aliphatic heterocycles. The lowest BCUT2D eigenvalue weighted by atomic mass is 9.82. The van der Waals surface area contributed by atoms with Crippen molar-refractivity contribution in [2.45, 2.75) is 58.3 Å². The molecule has 0 unspecified atom stereocenters. The van der Waals surface area contributed by atoms with Crippen molar-refractivity contribution in [2.75, 3.05) is 0 Å². The number of nitrogens with one attached hydrogen (secondary N) is 1. The van der Waals surface area contributed by atoms with Gasteiger partial charge in [0.2, 0.25) is 0 Å². The predicted octanol–water partition coefficient (Wildman–Crippen LogP) is 3.02. The molecule has 17 heavy (non-hydrogen) atoms. The Kier molecular flexibility index (Phi) is 3.97. The minimum absolute atomic E-state index is 0.0112. The monoisotopic (exact) mass is 234 g/mol. The molecule has 1 heterocycles. The topological polar surface area (TPSA) is 45.8 Å². The van der Waals surface area contributed by atoms with E-state index in [2.05, 4.69) is 23.8 Å². The van der Waals surface area contributed by atoms with Crippen molar-refractivity contribution in [3.05, 3.63) is 27.9 Å². The van der Waals surface area contributed by atoms with E-state index in [1.54, 1.807) is 6.07 Å². The molecule has 1 N–H and O–H groups in total. The molecule has 0 saturated heterocycles. The lowest BCUT2D eigenvalue weighted by Crippen LogP contribution is -2.19. The van der Waals surface area contributed by atoms with Crippen LogP contribution in [0, 0.1) is 5.92 Å². The number of aromatic nitrogens is 2. The Balaban J connectivity index is 2.17. The van der Waals surface area contributed by atoms with Crippen LogP contribution in [0.2, 0.25) is 0 Å². The van der Waals surface area contributed by atoms with Crippen LogP contribution >= 0.6 is 0 Å². The molecule has 0 atom stereocenters. The van der Waals surface area contributed by atoms with Crippen molar-refractivity contribution < 1.29 is 0 Å². The Morgan fingerprint density at radius 1 is 1.35 bits per heavy atom. The Morgan fingerprint density at radius 3 is 2.71 bits per heavy atom. The van der Waals surface area contributed by atoms with E-state index in [0.717, 1.165) is 30.3 Å². The van der Waals surface area contributed by atoms with Gasteiger partial charge in [0.05, 0.1) is 0 Å². The number of hydrogen-bond acceptors (Lipinski definition) is 2. The first kappa shape index (κ1) is 12.3. The van der Waals surface area contributed by atoms with Gasteiger partial charge in [-0.25, -0.2) is 4.98 Å². The molecule has 1 fully saturated rings. The van der Waals surface area contributed by atoms with Gasteiger partial charge in [-0.3, -0.25) is 4.79 Å². The second-order valence-corrected chi connectivity index (χ2v) is 5.33. The molecule has 0 aromatic carbocycles. The standard InChI is InChI=1S/C14H22N2O/c1-3-4-12-9-13(17)16-14(15-12)11-7-5-10(2)6-8-11/h9-11H,3-8H2,1-2H3,(H,15,16,17). The van der Waals surface area contributed by atoms with Gasteiger partial charge in [-0.1, -0.05) is 33.1 Å². The first-order valence-electron chi connectivity index (χ1n) is 6.79. The molecule has 1 aromatic heterocycles. The van der Waals surface area contributed by atoms with E-state index in [1.165, 1.54) is 25.7 Å². The number of aromatic amines is 1. The van der Waals surface area contributed by atoms with Gasteiger partial charge in [0, 0.05) is 17.7 Å². The highest BCUT2D eigenvalue weighted by Crippen LogP contribution is 2.33. The van der Waals surface area contributed by atoms with Gasteiger partial charge in [0.25, 0.3) is 5.56 Å². The van der Waals surface area contributed by atoms with E-state index in [4.69, 9.17) is 0 Å². The van der Waals surface area contributed by atoms with Crippen LogP contribution in [0.4, 0.5) is 0 Å². The third-order valence-electron chi connectivity index (χ3n) is 3.72. The fourth-order valence-electron chi connectivity index (χ4n) is 2.64. The van der Waals surface area contributed by atoms with Gasteiger partial charge in [0.1, 0.15) is 5.82 Å². The summed E-state index contributed by atoms with van der Waals surface area (Å²) in [5.41, 5.74) is 0.960. The minimum Gasteiger partial charge on any atom is -0.310 e. The molecular formula is C14H22N2O. The van der Waals surface area contributed by atoms with E-state index in [1.807, 2.05) is 0 Å². The van der Waals surface area contributed by atoms with E-state index in [-0.39, 0.29) is 5.56 Å². The summed E-state index contributed by atoms with van der Waals surface area (Å²) in [4.78, 5) is 19.1. The van der Waals surface area contributed by atoms with E-state index in [9.17, 15) is 4.79 Å². The highest BCUT2D eigenvalue weighted by molar-refractivity contribution is 5.07. The number of H-pyrrole nitrogens is 1. The SMILES string of the molecule is CCCc1cc(=O)[nH]c(C2CCC(C)CC2)n1. The van der Waals surface area contributed by atoms with Crippen LogP contribution in [0.1, 0.15) is 63.4 Å². The van der Waals surface area contributed by atoms with E-state index in [0.29, 0.717) is 5.92 Å². The summed E-state index contributed by atoms with van der Waals surface area (Å²) in [6, 6.07) is 1.64. The summed E-state index contributed by atoms with van der Waals surface area (Å²) >= 11 is 0. The molecule has 1 aromatic rings. The average molecular weight is 234 g/mol. The van der Waals surface area contributed by atoms with Crippen molar-refractivity contribution in [3.63, 3.8) is 0 Å². The normalized spacial score (nSPS) is 24.8. The Bertz CT molecular complexity index is 416. The molecule has 0 bridgehead atoms. The number of hydrogen-bond donors (Lipinski definition) is 1. The first-order chi connectivity index (χ1) is 8.19. The summed E-state index contributed by atoms with van der Waals surface area (Å²) in [6.07, 6.45) is 6.79. The average Bonchev–Trinajstić information content (AvgIpc) is 2.29. The van der Waals surface area contributed by atoms with Gasteiger partial charge in [-0.2, -0.15) is 0 Å². The molecule has 0 radical (unpaired) electrons. The zero-order valence-corrected chi connectivity index (χ0v) is 10.8. The van der Waals surface area contributed by atoms with Crippen molar-refractivity contribution in [2.24, 2.45) is 5.92 Å². The molecular weight excluding hydrogens is 212 g/mol. The van der Waals surface area contributed by atoms with Crippen LogP contribution in [-0.4, -0.2) is 9.97 Å². The number of nitrogens with zero attached hydrogens (tertiary/aromatic N) is 1. The van der Waals surface area contributed by atoms with Crippen molar-refractivity contribution in [1.82, 2.24) is 9.97 Å². The molecule has 3 nitrogen and oxygen atoms in total. The number of rotatable bonds is 3. The third kappa shape index (κ3) is 3.18. The van der Waals surface area contributed by atoms with Gasteiger partial charge in [0.15, 0.2) is 0 Å². The van der Waals surface area contributed by atoms with Crippen LogP contribution in [0.25, 0.3) is 0 Å². The summed E-state index contributed by atoms with van der Waals surface area (Å²) in [6.45, 7) is 4.42. The third-order valence-corrected chi connectivity index (χ3v) is 3.72. The molecule has 3 heteroatoms. The van der Waals surface area contributed by atoms with Gasteiger partial charge in [-0.15, -0.1) is 0 Å². The van der Waals surface area contributed by atoms with Crippen LogP contribution in [0.3, 0.4) is 0 Å². The highest BCUT2D eigenvalue weighted by atomic mass is 16.1. The highest BCUT2D eigenvalue weighted by Gasteiger charge is 2.21. The lowest BCUT2D eigenvalue weighted by Gasteiger charge is -2.25. The lowest BCUT2D eigenvalue weighted by molar-refractivity contribution is 0.339. The fourth-order valence-corrected chi connectivity index (χ4v) is 2.64. The van der Waals surface area contributed by atoms with Crippen molar-refractivity contribution >= 4 is 0 Å². The quantitative estimate of drug-likeness (QED) is 0.873. The smallest absolute Gasteiger partial charge is 0.251 e. The maximum absolute atomic E-state index is 11.6. The molecule has 1 aliphatic carbocycles. The number of aryl methyl sites for hydroxylation is 1. The Hall–Kier alpha value is -1.12. The van der Waals surface area contributed by atoms with Gasteiger partial charge >= 0.3 is 0 Å². The molecule has 0 amide bonds. The summed E-state index contributed by atoms with van der Waals surface area (Å²) in [5, 5.41) is 0. The maximum atomic E-state index is 11.6. The van der Waals surface area contributed by atoms with Crippen molar-refractivity contribution in [3.8, 4) is 0 Å². The molecule has 94 valence electrons. The summed E-state index contributed by atoms with van der Waals surface area (Å²) < 4.78 is 0. The molecule has 0 spiro atoms. The van der Waals surface area contributed by atoms with Crippen LogP contribution in [0.15, 0.2) is 10.9 Å². The Morgan fingerprint density at radius 2 is 2.06 bits per heavy atom. The second-order valence-electron chi connectivity index (χ2n) is 5.33. The van der Waals surface area contributed by atoms with Crippen LogP contribution < -0.4 is 5.56 Å². The largest absolute Gasteiger partial charge is 0.310 e. The molecule has 1 saturated carbocycles. The van der Waals surface area contributed by atoms with Crippen LogP contribution in [0.5, 0.6) is 0 Å². The first-order valence-corrected chi connectivity index (χ1v) is 6.79. The zero-order chi connectivity index (χ0) is 12.3.